The zero-order chi connectivity index (χ0) is 14.2. The largest absolute Gasteiger partial charge is 0.479 e. The van der Waals surface area contributed by atoms with Gasteiger partial charge < -0.3 is 9.84 Å². The molecule has 1 unspecified atom stereocenters. The van der Waals surface area contributed by atoms with Crippen molar-refractivity contribution in [2.75, 3.05) is 26.2 Å². The number of alkyl halides is 3. The second kappa shape index (κ2) is 8.31. The van der Waals surface area contributed by atoms with Crippen LogP contribution in [0.1, 0.15) is 26.7 Å². The third-order valence-electron chi connectivity index (χ3n) is 2.29. The third kappa shape index (κ3) is 8.30. The van der Waals surface area contributed by atoms with Crippen molar-refractivity contribution in [3.8, 4) is 0 Å². The van der Waals surface area contributed by atoms with Gasteiger partial charge in [0.2, 0.25) is 0 Å². The van der Waals surface area contributed by atoms with Gasteiger partial charge in [-0.15, -0.1) is 0 Å². The second-order valence-electron chi connectivity index (χ2n) is 3.96. The van der Waals surface area contributed by atoms with Crippen LogP contribution in [0.3, 0.4) is 0 Å². The van der Waals surface area contributed by atoms with Crippen molar-refractivity contribution >= 4 is 5.97 Å². The van der Waals surface area contributed by atoms with Crippen molar-refractivity contribution in [1.29, 1.82) is 0 Å². The lowest BCUT2D eigenvalue weighted by molar-refractivity contribution is -0.153. The number of carbonyl (C=O) groups is 1. The standard InChI is InChI=1S/C11H20F3NO3/c1-3-6-15(8-11(12,13)14)7-5-9(10(16)17)18-4-2/h9H,3-8H2,1-2H3,(H,16,17). The van der Waals surface area contributed by atoms with Crippen LogP contribution in [-0.4, -0.2) is 54.5 Å². The number of hydrogen-bond acceptors (Lipinski definition) is 3. The molecule has 0 bridgehead atoms. The summed E-state index contributed by atoms with van der Waals surface area (Å²) in [4.78, 5) is 12.0. The summed E-state index contributed by atoms with van der Waals surface area (Å²) in [6, 6.07) is 0. The van der Waals surface area contributed by atoms with Crippen LogP contribution >= 0.6 is 0 Å². The smallest absolute Gasteiger partial charge is 0.401 e. The predicted molar refractivity (Wildman–Crippen MR) is 60.5 cm³/mol. The maximum atomic E-state index is 12.3. The molecule has 7 heteroatoms. The lowest BCUT2D eigenvalue weighted by Crippen LogP contribution is -2.38. The Bertz CT molecular complexity index is 246. The minimum Gasteiger partial charge on any atom is -0.479 e. The topological polar surface area (TPSA) is 49.8 Å². The molecule has 0 amide bonds. The van der Waals surface area contributed by atoms with Crippen LogP contribution in [-0.2, 0) is 9.53 Å². The van der Waals surface area contributed by atoms with Crippen LogP contribution in [0.5, 0.6) is 0 Å². The van der Waals surface area contributed by atoms with Crippen molar-refractivity contribution in [3.63, 3.8) is 0 Å². The summed E-state index contributed by atoms with van der Waals surface area (Å²) in [5.41, 5.74) is 0. The van der Waals surface area contributed by atoms with E-state index in [1.165, 1.54) is 4.90 Å². The number of carboxylic acids is 1. The van der Waals surface area contributed by atoms with Gasteiger partial charge in [0.15, 0.2) is 6.10 Å². The zero-order valence-electron chi connectivity index (χ0n) is 10.7. The van der Waals surface area contributed by atoms with Gasteiger partial charge in [-0.2, -0.15) is 13.2 Å². The highest BCUT2D eigenvalue weighted by atomic mass is 19.4. The third-order valence-corrected chi connectivity index (χ3v) is 2.29. The molecule has 0 radical (unpaired) electrons. The highest BCUT2D eigenvalue weighted by Crippen LogP contribution is 2.17. The highest BCUT2D eigenvalue weighted by Gasteiger charge is 2.31. The molecule has 0 heterocycles. The molecule has 0 aromatic rings. The van der Waals surface area contributed by atoms with E-state index >= 15 is 0 Å². The number of aliphatic carboxylic acids is 1. The van der Waals surface area contributed by atoms with Crippen molar-refractivity contribution < 1.29 is 27.8 Å². The van der Waals surface area contributed by atoms with Gasteiger partial charge in [-0.05, 0) is 26.3 Å². The summed E-state index contributed by atoms with van der Waals surface area (Å²) in [6.45, 7) is 2.99. The lowest BCUT2D eigenvalue weighted by atomic mass is 10.2. The van der Waals surface area contributed by atoms with E-state index in [9.17, 15) is 18.0 Å². The highest BCUT2D eigenvalue weighted by molar-refractivity contribution is 5.72. The first-order chi connectivity index (χ1) is 8.30. The van der Waals surface area contributed by atoms with Gasteiger partial charge in [-0.25, -0.2) is 4.79 Å². The number of nitrogens with zero attached hydrogens (tertiary/aromatic N) is 1. The number of hydrogen-bond donors (Lipinski definition) is 1. The Morgan fingerprint density at radius 2 is 1.94 bits per heavy atom. The minimum absolute atomic E-state index is 0.0548. The molecule has 18 heavy (non-hydrogen) atoms. The Labute approximate surface area is 105 Å². The predicted octanol–water partition coefficient (Wildman–Crippen LogP) is 2.14. The molecule has 0 aliphatic carbocycles. The summed E-state index contributed by atoms with van der Waals surface area (Å²) >= 11 is 0. The SMILES string of the molecule is CCCN(CCC(OCC)C(=O)O)CC(F)(F)F. The summed E-state index contributed by atoms with van der Waals surface area (Å²) in [6.07, 6.45) is -4.66. The van der Waals surface area contributed by atoms with Crippen LogP contribution in [0.4, 0.5) is 13.2 Å². The number of halogens is 3. The van der Waals surface area contributed by atoms with E-state index in [1.807, 2.05) is 0 Å². The minimum atomic E-state index is -4.26. The Hall–Kier alpha value is -0.820. The van der Waals surface area contributed by atoms with Crippen molar-refractivity contribution in [2.45, 2.75) is 39.0 Å². The molecule has 0 saturated heterocycles. The van der Waals surface area contributed by atoms with Crippen molar-refractivity contribution in [2.24, 2.45) is 0 Å². The average Bonchev–Trinajstić information content (AvgIpc) is 2.21. The van der Waals surface area contributed by atoms with E-state index in [0.29, 0.717) is 6.42 Å². The summed E-state index contributed by atoms with van der Waals surface area (Å²) < 4.78 is 41.8. The summed E-state index contributed by atoms with van der Waals surface area (Å²) in [7, 11) is 0. The van der Waals surface area contributed by atoms with Gasteiger partial charge in [-0.1, -0.05) is 6.92 Å². The summed E-state index contributed by atoms with van der Waals surface area (Å²) in [5.74, 6) is -1.14. The zero-order valence-corrected chi connectivity index (χ0v) is 10.7. The van der Waals surface area contributed by atoms with Crippen LogP contribution in [0.25, 0.3) is 0 Å². The van der Waals surface area contributed by atoms with E-state index in [-0.39, 0.29) is 26.1 Å². The quantitative estimate of drug-likeness (QED) is 0.698. The van der Waals surface area contributed by atoms with Gasteiger partial charge in [0.25, 0.3) is 0 Å². The van der Waals surface area contributed by atoms with E-state index in [1.54, 1.807) is 13.8 Å². The molecule has 0 saturated carbocycles. The van der Waals surface area contributed by atoms with Gasteiger partial charge in [-0.3, -0.25) is 4.90 Å². The molecule has 0 fully saturated rings. The second-order valence-corrected chi connectivity index (χ2v) is 3.96. The van der Waals surface area contributed by atoms with Crippen molar-refractivity contribution in [3.05, 3.63) is 0 Å². The van der Waals surface area contributed by atoms with Gasteiger partial charge in [0, 0.05) is 13.2 Å². The van der Waals surface area contributed by atoms with E-state index in [2.05, 4.69) is 0 Å². The van der Waals surface area contributed by atoms with Crippen LogP contribution < -0.4 is 0 Å². The van der Waals surface area contributed by atoms with Gasteiger partial charge >= 0.3 is 12.1 Å². The Kier molecular flexibility index (Phi) is 7.93. The Morgan fingerprint density at radius 3 is 2.33 bits per heavy atom. The van der Waals surface area contributed by atoms with Crippen LogP contribution in [0, 0.1) is 0 Å². The molecular weight excluding hydrogens is 251 g/mol. The van der Waals surface area contributed by atoms with Gasteiger partial charge in [0.05, 0.1) is 6.54 Å². The summed E-state index contributed by atoms with van der Waals surface area (Å²) in [5, 5.41) is 8.81. The fourth-order valence-corrected chi connectivity index (χ4v) is 1.62. The monoisotopic (exact) mass is 271 g/mol. The lowest BCUT2D eigenvalue weighted by Gasteiger charge is -2.24. The number of carboxylic acid groups (broad SMARTS) is 1. The molecule has 0 aromatic carbocycles. The molecule has 0 rings (SSSR count). The average molecular weight is 271 g/mol. The van der Waals surface area contributed by atoms with E-state index in [0.717, 1.165) is 0 Å². The molecular formula is C11H20F3NO3. The molecule has 108 valence electrons. The fourth-order valence-electron chi connectivity index (χ4n) is 1.62. The first-order valence-corrected chi connectivity index (χ1v) is 5.93. The molecule has 0 aliphatic heterocycles. The normalized spacial score (nSPS) is 13.9. The first-order valence-electron chi connectivity index (χ1n) is 5.93. The first kappa shape index (κ1) is 17.2. The molecule has 1 atom stereocenters. The van der Waals surface area contributed by atoms with Crippen molar-refractivity contribution in [1.82, 2.24) is 4.90 Å². The Balaban J connectivity index is 4.27. The molecule has 0 spiro atoms. The number of rotatable bonds is 9. The molecule has 0 aromatic heterocycles. The molecule has 0 aliphatic rings. The van der Waals surface area contributed by atoms with Crippen LogP contribution in [0.15, 0.2) is 0 Å². The maximum Gasteiger partial charge on any atom is 0.401 e. The molecule has 1 N–H and O–H groups in total. The maximum absolute atomic E-state index is 12.3. The van der Waals surface area contributed by atoms with Crippen LogP contribution in [0.2, 0.25) is 0 Å². The van der Waals surface area contributed by atoms with E-state index < -0.39 is 24.8 Å². The van der Waals surface area contributed by atoms with Gasteiger partial charge in [0.1, 0.15) is 0 Å². The fraction of sp³-hybridized carbons (Fsp3) is 0.909. The van der Waals surface area contributed by atoms with E-state index in [4.69, 9.17) is 9.84 Å². The number of ether oxygens (including phenoxy) is 1. The molecule has 4 nitrogen and oxygen atoms in total. The Morgan fingerprint density at radius 1 is 1.33 bits per heavy atom.